The van der Waals surface area contributed by atoms with E-state index in [1.54, 1.807) is 7.11 Å². The number of fused-ring (bicyclic) bond motifs is 1. The van der Waals surface area contributed by atoms with Crippen LogP contribution < -0.4 is 9.46 Å². The lowest BCUT2D eigenvalue weighted by Crippen LogP contribution is -2.29. The van der Waals surface area contributed by atoms with E-state index in [1.807, 2.05) is 24.3 Å². The number of likely N-dealkylation sites (N-methyl/N-ethyl adjacent to an activating group) is 1. The first-order chi connectivity index (χ1) is 14.1. The van der Waals surface area contributed by atoms with Gasteiger partial charge in [-0.2, -0.15) is 0 Å². The topological polar surface area (TPSA) is 46.6 Å². The van der Waals surface area contributed by atoms with Gasteiger partial charge in [-0.3, -0.25) is 0 Å². The van der Waals surface area contributed by atoms with E-state index in [4.69, 9.17) is 14.5 Å². The van der Waals surface area contributed by atoms with Crippen LogP contribution in [0.3, 0.4) is 0 Å². The second kappa shape index (κ2) is 8.90. The maximum atomic E-state index is 15.1. The summed E-state index contributed by atoms with van der Waals surface area (Å²) in [6, 6.07) is 9.85. The van der Waals surface area contributed by atoms with Crippen molar-refractivity contribution in [2.75, 3.05) is 45.2 Å². The van der Waals surface area contributed by atoms with Crippen molar-refractivity contribution in [1.29, 1.82) is 0 Å². The van der Waals surface area contributed by atoms with Crippen molar-refractivity contribution in [2.45, 2.75) is 36.2 Å². The Hall–Kier alpha value is -1.83. The summed E-state index contributed by atoms with van der Waals surface area (Å²) >= 11 is 1.49. The number of methoxy groups -OCH3 is 1. The van der Waals surface area contributed by atoms with Gasteiger partial charge >= 0.3 is 0 Å². The van der Waals surface area contributed by atoms with Crippen LogP contribution in [0.25, 0.3) is 0 Å². The molecule has 0 bridgehead atoms. The molecule has 156 valence electrons. The molecule has 7 heteroatoms. The monoisotopic (exact) mass is 417 g/mol. The van der Waals surface area contributed by atoms with Crippen molar-refractivity contribution in [1.82, 2.24) is 9.88 Å². The molecule has 1 aromatic heterocycles. The molecule has 1 fully saturated rings. The third-order valence-corrected chi connectivity index (χ3v) is 6.61. The summed E-state index contributed by atoms with van der Waals surface area (Å²) in [7, 11) is 3.79. The Kier molecular flexibility index (Phi) is 6.27. The number of nitrogens with one attached hydrogen (secondary N) is 1. The van der Waals surface area contributed by atoms with Crippen molar-refractivity contribution in [2.24, 2.45) is 0 Å². The first-order valence-electron chi connectivity index (χ1n) is 10.1. The molecule has 2 aliphatic rings. The third-order valence-electron chi connectivity index (χ3n) is 5.78. The molecule has 29 heavy (non-hydrogen) atoms. The number of nitrogens with zero attached hydrogens (tertiary/aromatic N) is 2. The summed E-state index contributed by atoms with van der Waals surface area (Å²) < 4.78 is 29.3. The lowest BCUT2D eigenvalue weighted by molar-refractivity contribution is -0.0115. The Morgan fingerprint density at radius 1 is 1.17 bits per heavy atom. The Bertz CT molecular complexity index is 841. The van der Waals surface area contributed by atoms with Gasteiger partial charge in [0.05, 0.1) is 7.11 Å². The zero-order valence-electron chi connectivity index (χ0n) is 17.0. The Balaban J connectivity index is 1.46. The highest BCUT2D eigenvalue weighted by Gasteiger charge is 2.34. The highest BCUT2D eigenvalue weighted by atomic mass is 32.2. The number of anilines is 1. The summed E-state index contributed by atoms with van der Waals surface area (Å²) in [6.45, 7) is 3.01. The minimum Gasteiger partial charge on any atom is -0.479 e. The van der Waals surface area contributed by atoms with Gasteiger partial charge in [-0.05, 0) is 54.7 Å². The highest BCUT2D eigenvalue weighted by Crippen LogP contribution is 2.37. The van der Waals surface area contributed by atoms with Gasteiger partial charge in [-0.25, -0.2) is 9.37 Å². The summed E-state index contributed by atoms with van der Waals surface area (Å²) in [4.78, 5) is 8.08. The van der Waals surface area contributed by atoms with E-state index in [0.717, 1.165) is 47.8 Å². The van der Waals surface area contributed by atoms with Crippen LogP contribution in [-0.4, -0.2) is 50.3 Å². The lowest BCUT2D eigenvalue weighted by Gasteiger charge is -2.30. The van der Waals surface area contributed by atoms with E-state index in [2.05, 4.69) is 22.7 Å². The molecule has 0 aliphatic carbocycles. The first-order valence-corrected chi connectivity index (χ1v) is 10.9. The highest BCUT2D eigenvalue weighted by molar-refractivity contribution is 8.00. The van der Waals surface area contributed by atoms with E-state index >= 15 is 4.39 Å². The zero-order valence-corrected chi connectivity index (χ0v) is 17.9. The van der Waals surface area contributed by atoms with Crippen LogP contribution >= 0.6 is 11.9 Å². The minimum atomic E-state index is -1.27. The summed E-state index contributed by atoms with van der Waals surface area (Å²) in [5.74, 6) is 0.613. The van der Waals surface area contributed by atoms with Crippen LogP contribution in [0.4, 0.5) is 10.1 Å². The molecule has 0 amide bonds. The number of hydrogen-bond donors (Lipinski definition) is 1. The molecule has 3 heterocycles. The van der Waals surface area contributed by atoms with Crippen LogP contribution in [0.1, 0.15) is 29.7 Å². The van der Waals surface area contributed by atoms with Gasteiger partial charge in [-0.1, -0.05) is 12.1 Å². The predicted molar refractivity (Wildman–Crippen MR) is 114 cm³/mol. The van der Waals surface area contributed by atoms with Crippen molar-refractivity contribution < 1.29 is 13.9 Å². The van der Waals surface area contributed by atoms with Crippen molar-refractivity contribution in [3.8, 4) is 5.88 Å². The molecule has 0 saturated carbocycles. The second-order valence-electron chi connectivity index (χ2n) is 7.76. The molecule has 4 rings (SSSR count). The number of hydrogen-bond acceptors (Lipinski definition) is 6. The maximum absolute atomic E-state index is 15.1. The largest absolute Gasteiger partial charge is 0.479 e. The normalized spacial score (nSPS) is 19.3. The summed E-state index contributed by atoms with van der Waals surface area (Å²) in [5.41, 5.74) is 2.73. The van der Waals surface area contributed by atoms with E-state index in [1.165, 1.54) is 17.5 Å². The summed E-state index contributed by atoms with van der Waals surface area (Å²) in [5, 5.41) is 0. The van der Waals surface area contributed by atoms with Gasteiger partial charge in [-0.15, -0.1) is 0 Å². The molecule has 0 spiro atoms. The van der Waals surface area contributed by atoms with Gasteiger partial charge in [0.25, 0.3) is 0 Å². The second-order valence-corrected chi connectivity index (χ2v) is 8.64. The quantitative estimate of drug-likeness (QED) is 0.736. The molecular formula is C22H28FN3O2S. The molecule has 1 saturated heterocycles. The Morgan fingerprint density at radius 2 is 1.90 bits per heavy atom. The number of aromatic nitrogens is 1. The van der Waals surface area contributed by atoms with Gasteiger partial charge < -0.3 is 19.1 Å². The first kappa shape index (κ1) is 20.4. The fourth-order valence-corrected chi connectivity index (χ4v) is 4.52. The fraction of sp³-hybridized carbons (Fsp3) is 0.500. The average molecular weight is 418 g/mol. The van der Waals surface area contributed by atoms with Crippen LogP contribution in [0.15, 0.2) is 35.2 Å². The molecule has 2 aromatic rings. The van der Waals surface area contributed by atoms with Crippen LogP contribution in [0, 0.1) is 0 Å². The van der Waals surface area contributed by atoms with Gasteiger partial charge in [0.2, 0.25) is 5.88 Å². The molecule has 1 aromatic carbocycles. The zero-order chi connectivity index (χ0) is 20.3. The van der Waals surface area contributed by atoms with Gasteiger partial charge in [0, 0.05) is 56.2 Å². The maximum Gasteiger partial charge on any atom is 0.238 e. The van der Waals surface area contributed by atoms with Crippen LogP contribution in [-0.2, 0) is 23.2 Å². The van der Waals surface area contributed by atoms with E-state index < -0.39 is 5.67 Å². The number of halogens is 1. The molecule has 2 aliphatic heterocycles. The molecular weight excluding hydrogens is 389 g/mol. The van der Waals surface area contributed by atoms with Gasteiger partial charge in [0.1, 0.15) is 11.4 Å². The number of pyridine rings is 1. The van der Waals surface area contributed by atoms with Crippen molar-refractivity contribution in [3.63, 3.8) is 0 Å². The average Bonchev–Trinajstić information content (AvgIpc) is 2.93. The lowest BCUT2D eigenvalue weighted by atomic mass is 9.88. The molecule has 0 radical (unpaired) electrons. The summed E-state index contributed by atoms with van der Waals surface area (Å²) in [6.07, 6.45) is 2.77. The Labute approximate surface area is 176 Å². The number of ether oxygens (including phenoxy) is 2. The molecule has 1 N–H and O–H groups in total. The number of benzene rings is 1. The molecule has 5 nitrogen and oxygen atoms in total. The van der Waals surface area contributed by atoms with Gasteiger partial charge in [0.15, 0.2) is 0 Å². The fourth-order valence-electron chi connectivity index (χ4n) is 3.87. The number of alkyl halides is 1. The van der Waals surface area contributed by atoms with Crippen molar-refractivity contribution >= 4 is 17.6 Å². The minimum absolute atomic E-state index is 0.422. The van der Waals surface area contributed by atoms with Crippen LogP contribution in [0.5, 0.6) is 5.88 Å². The predicted octanol–water partition coefficient (Wildman–Crippen LogP) is 4.22. The van der Waals surface area contributed by atoms with E-state index in [-0.39, 0.29) is 0 Å². The van der Waals surface area contributed by atoms with Crippen LogP contribution in [0.2, 0.25) is 0 Å². The van der Waals surface area contributed by atoms with E-state index in [9.17, 15) is 0 Å². The third kappa shape index (κ3) is 4.68. The smallest absolute Gasteiger partial charge is 0.238 e. The molecule has 0 unspecified atom stereocenters. The standard InChI is InChI=1S/C22H28FN3O2S/c1-26-11-7-16-15-20(21(27-2)24-19(16)8-12-26)25-29-18-5-3-17(4-6-18)22(23)9-13-28-14-10-22/h3-6,15,25H,7-14H2,1-2H3. The van der Waals surface area contributed by atoms with E-state index in [0.29, 0.717) is 31.9 Å². The Morgan fingerprint density at radius 3 is 2.62 bits per heavy atom. The van der Waals surface area contributed by atoms with Crippen molar-refractivity contribution in [3.05, 3.63) is 47.2 Å². The molecule has 0 atom stereocenters. The number of rotatable bonds is 5. The SMILES string of the molecule is COc1nc2c(cc1NSc1ccc(C3(F)CCOCC3)cc1)CCN(C)CC2.